The van der Waals surface area contributed by atoms with Crippen molar-refractivity contribution in [2.75, 3.05) is 28.4 Å². The quantitative estimate of drug-likeness (QED) is 0.313. The molecule has 0 bridgehead atoms. The Labute approximate surface area is 199 Å². The number of rotatable bonds is 8. The Hall–Kier alpha value is -3.13. The Balaban J connectivity index is 2.05. The molecular formula is C28H28O4Te. The summed E-state index contributed by atoms with van der Waals surface area (Å²) in [6, 6.07) is 34.0. The van der Waals surface area contributed by atoms with Crippen LogP contribution in [0.1, 0.15) is 0 Å². The van der Waals surface area contributed by atoms with Gasteiger partial charge in [-0.1, -0.05) is 0 Å². The molecule has 0 saturated heterocycles. The number of benzene rings is 4. The van der Waals surface area contributed by atoms with Gasteiger partial charge < -0.3 is 0 Å². The van der Waals surface area contributed by atoms with Crippen LogP contribution in [0, 0.1) is 0 Å². The Bertz CT molecular complexity index is 973. The van der Waals surface area contributed by atoms with Crippen LogP contribution >= 0.6 is 0 Å². The summed E-state index contributed by atoms with van der Waals surface area (Å²) in [5.41, 5.74) is 0. The second-order valence-electron chi connectivity index (χ2n) is 7.31. The predicted molar refractivity (Wildman–Crippen MR) is 136 cm³/mol. The first kappa shape index (κ1) is 23.0. The van der Waals surface area contributed by atoms with Gasteiger partial charge in [0.05, 0.1) is 0 Å². The zero-order chi connectivity index (χ0) is 23.3. The molecule has 0 spiro atoms. The van der Waals surface area contributed by atoms with E-state index in [-0.39, 0.29) is 0 Å². The standard InChI is InChI=1S/C28H28O4Te/c1-29-21-5-13-25(14-6-21)33(26-15-7-22(30-2)8-16-26,27-17-9-23(31-3)10-18-27)28-19-11-24(32-4)12-20-28/h5-20H,1-4H3. The summed E-state index contributed by atoms with van der Waals surface area (Å²) < 4.78 is 27.1. The van der Waals surface area contributed by atoms with Gasteiger partial charge in [-0.2, -0.15) is 0 Å². The molecule has 4 rings (SSSR count). The summed E-state index contributed by atoms with van der Waals surface area (Å²) in [4.78, 5) is 0. The summed E-state index contributed by atoms with van der Waals surface area (Å²) in [6.07, 6.45) is 0. The van der Waals surface area contributed by atoms with E-state index in [2.05, 4.69) is 48.5 Å². The van der Waals surface area contributed by atoms with Gasteiger partial charge in [0.15, 0.2) is 0 Å². The van der Waals surface area contributed by atoms with E-state index < -0.39 is 18.2 Å². The molecule has 0 aliphatic carbocycles. The van der Waals surface area contributed by atoms with Crippen molar-refractivity contribution in [3.8, 4) is 23.0 Å². The van der Waals surface area contributed by atoms with Crippen molar-refractivity contribution in [2.24, 2.45) is 0 Å². The molecule has 0 aromatic heterocycles. The average molecular weight is 556 g/mol. The number of hydrogen-bond acceptors (Lipinski definition) is 4. The third-order valence-corrected chi connectivity index (χ3v) is 16.8. The molecular weight excluding hydrogens is 528 g/mol. The first-order valence-corrected chi connectivity index (χ1v) is 15.2. The van der Waals surface area contributed by atoms with Crippen LogP contribution in [0.5, 0.6) is 23.0 Å². The predicted octanol–water partition coefficient (Wildman–Crippen LogP) is 3.10. The maximum absolute atomic E-state index is 5.46. The molecule has 5 heteroatoms. The minimum atomic E-state index is -3.43. The van der Waals surface area contributed by atoms with E-state index in [0.29, 0.717) is 0 Å². The van der Waals surface area contributed by atoms with Gasteiger partial charge in [-0.25, -0.2) is 0 Å². The SMILES string of the molecule is COc1ccc([Te](c2ccc(OC)cc2)(c2ccc(OC)cc2)c2ccc(OC)cc2)cc1. The van der Waals surface area contributed by atoms with Crippen molar-refractivity contribution in [1.82, 2.24) is 0 Å². The van der Waals surface area contributed by atoms with Crippen LogP contribution in [0.15, 0.2) is 97.1 Å². The van der Waals surface area contributed by atoms with E-state index in [4.69, 9.17) is 18.9 Å². The van der Waals surface area contributed by atoms with Gasteiger partial charge in [-0.3, -0.25) is 0 Å². The molecule has 4 aromatic carbocycles. The van der Waals surface area contributed by atoms with E-state index in [1.165, 1.54) is 14.4 Å². The number of methoxy groups -OCH3 is 4. The molecule has 0 aliphatic rings. The zero-order valence-corrected chi connectivity index (χ0v) is 21.6. The summed E-state index contributed by atoms with van der Waals surface area (Å²) in [5.74, 6) is 3.37. The second-order valence-corrected chi connectivity index (χ2v) is 16.2. The van der Waals surface area contributed by atoms with Crippen LogP contribution in [-0.2, 0) is 0 Å². The van der Waals surface area contributed by atoms with E-state index in [1.807, 2.05) is 48.5 Å². The van der Waals surface area contributed by atoms with Gasteiger partial charge in [-0.05, 0) is 0 Å². The fourth-order valence-electron chi connectivity index (χ4n) is 3.94. The fourth-order valence-corrected chi connectivity index (χ4v) is 14.8. The van der Waals surface area contributed by atoms with Crippen molar-refractivity contribution in [3.63, 3.8) is 0 Å². The molecule has 0 saturated carbocycles. The molecule has 0 atom stereocenters. The van der Waals surface area contributed by atoms with Crippen molar-refractivity contribution in [2.45, 2.75) is 0 Å². The van der Waals surface area contributed by atoms with Crippen molar-refractivity contribution in [3.05, 3.63) is 97.1 Å². The Morgan fingerprint density at radius 1 is 0.333 bits per heavy atom. The fraction of sp³-hybridized carbons (Fsp3) is 0.143. The summed E-state index contributed by atoms with van der Waals surface area (Å²) in [7, 11) is 6.78. The normalized spacial score (nSPS) is 11.5. The molecule has 0 radical (unpaired) electrons. The van der Waals surface area contributed by atoms with Crippen LogP contribution in [-0.4, -0.2) is 46.6 Å². The van der Waals surface area contributed by atoms with Crippen LogP contribution in [0.3, 0.4) is 0 Å². The van der Waals surface area contributed by atoms with Crippen LogP contribution in [0.4, 0.5) is 0 Å². The van der Waals surface area contributed by atoms with Gasteiger partial charge >= 0.3 is 200 Å². The van der Waals surface area contributed by atoms with Crippen LogP contribution in [0.25, 0.3) is 0 Å². The third kappa shape index (κ3) is 4.39. The van der Waals surface area contributed by atoms with E-state index >= 15 is 0 Å². The first-order chi connectivity index (χ1) is 16.1. The number of hydrogen-bond donors (Lipinski definition) is 0. The maximum atomic E-state index is 5.46. The molecule has 4 aromatic rings. The van der Waals surface area contributed by atoms with Gasteiger partial charge in [0.2, 0.25) is 0 Å². The molecule has 33 heavy (non-hydrogen) atoms. The van der Waals surface area contributed by atoms with E-state index in [0.717, 1.165) is 23.0 Å². The van der Waals surface area contributed by atoms with Gasteiger partial charge in [0.25, 0.3) is 0 Å². The molecule has 4 nitrogen and oxygen atoms in total. The average Bonchev–Trinajstić information content (AvgIpc) is 2.90. The Kier molecular flexibility index (Phi) is 7.13. The molecule has 0 N–H and O–H groups in total. The summed E-state index contributed by atoms with van der Waals surface area (Å²) in [5, 5.41) is 0. The van der Waals surface area contributed by atoms with Crippen molar-refractivity contribution >= 4 is 32.6 Å². The molecule has 0 aliphatic heterocycles. The van der Waals surface area contributed by atoms with Gasteiger partial charge in [0, 0.05) is 0 Å². The molecule has 0 heterocycles. The van der Waals surface area contributed by atoms with Gasteiger partial charge in [-0.15, -0.1) is 0 Å². The summed E-state index contributed by atoms with van der Waals surface area (Å²) >= 11 is -3.43. The molecule has 170 valence electrons. The van der Waals surface area contributed by atoms with Gasteiger partial charge in [0.1, 0.15) is 0 Å². The monoisotopic (exact) mass is 558 g/mol. The topological polar surface area (TPSA) is 36.9 Å². The van der Waals surface area contributed by atoms with Crippen LogP contribution < -0.4 is 33.4 Å². The Morgan fingerprint density at radius 3 is 0.667 bits per heavy atom. The van der Waals surface area contributed by atoms with Crippen molar-refractivity contribution in [1.29, 1.82) is 0 Å². The molecule has 0 unspecified atom stereocenters. The molecule has 0 fully saturated rings. The Morgan fingerprint density at radius 2 is 0.515 bits per heavy atom. The van der Waals surface area contributed by atoms with E-state index in [9.17, 15) is 0 Å². The molecule has 0 amide bonds. The second kappa shape index (κ2) is 10.2. The third-order valence-electron chi connectivity index (χ3n) is 5.65. The first-order valence-electron chi connectivity index (χ1n) is 10.6. The number of ether oxygens (including phenoxy) is 4. The van der Waals surface area contributed by atoms with Crippen LogP contribution in [0.2, 0.25) is 0 Å². The van der Waals surface area contributed by atoms with E-state index in [1.54, 1.807) is 28.4 Å². The zero-order valence-electron chi connectivity index (χ0n) is 19.3. The minimum absolute atomic E-state index is 0.842. The van der Waals surface area contributed by atoms with Crippen molar-refractivity contribution < 1.29 is 18.9 Å². The summed E-state index contributed by atoms with van der Waals surface area (Å²) in [6.45, 7) is 0.